The van der Waals surface area contributed by atoms with Gasteiger partial charge in [-0.15, -0.1) is 0 Å². The van der Waals surface area contributed by atoms with E-state index < -0.39 is 15.6 Å². The van der Waals surface area contributed by atoms with Crippen molar-refractivity contribution in [3.8, 4) is 0 Å². The summed E-state index contributed by atoms with van der Waals surface area (Å²) in [5.41, 5.74) is 5.07. The normalized spacial score (nSPS) is 24.7. The predicted molar refractivity (Wildman–Crippen MR) is 70.5 cm³/mol. The van der Waals surface area contributed by atoms with Crippen molar-refractivity contribution in [1.82, 2.24) is 9.62 Å². The SMILES string of the molecule is CCC(C)(N)C(=O)N1CCCC(NS(C)(=O)=O)C1. The Labute approximate surface area is 109 Å². The molecular weight excluding hydrogens is 254 g/mol. The molecule has 106 valence electrons. The van der Waals surface area contributed by atoms with Gasteiger partial charge < -0.3 is 10.6 Å². The van der Waals surface area contributed by atoms with E-state index in [2.05, 4.69) is 4.72 Å². The lowest BCUT2D eigenvalue weighted by Gasteiger charge is -2.37. The number of nitrogens with zero attached hydrogens (tertiary/aromatic N) is 1. The third-order valence-corrected chi connectivity index (χ3v) is 4.07. The smallest absolute Gasteiger partial charge is 0.242 e. The predicted octanol–water partition coefficient (Wildman–Crippen LogP) is -0.346. The Morgan fingerprint density at radius 3 is 2.67 bits per heavy atom. The van der Waals surface area contributed by atoms with E-state index in [9.17, 15) is 13.2 Å². The molecule has 1 heterocycles. The summed E-state index contributed by atoms with van der Waals surface area (Å²) in [6.07, 6.45) is 3.24. The standard InChI is InChI=1S/C11H23N3O3S/c1-4-11(2,12)10(15)14-7-5-6-9(8-14)13-18(3,16)17/h9,13H,4-8,12H2,1-3H3. The van der Waals surface area contributed by atoms with E-state index in [1.807, 2.05) is 6.92 Å². The summed E-state index contributed by atoms with van der Waals surface area (Å²) in [6, 6.07) is -0.203. The van der Waals surface area contributed by atoms with E-state index in [-0.39, 0.29) is 11.9 Å². The van der Waals surface area contributed by atoms with Crippen molar-refractivity contribution in [3.05, 3.63) is 0 Å². The van der Waals surface area contributed by atoms with E-state index in [1.165, 1.54) is 0 Å². The van der Waals surface area contributed by atoms with Crippen molar-refractivity contribution < 1.29 is 13.2 Å². The van der Waals surface area contributed by atoms with Crippen LogP contribution in [0.4, 0.5) is 0 Å². The minimum atomic E-state index is -3.23. The van der Waals surface area contributed by atoms with E-state index >= 15 is 0 Å². The molecule has 0 spiro atoms. The lowest BCUT2D eigenvalue weighted by atomic mass is 9.96. The molecule has 18 heavy (non-hydrogen) atoms. The first-order valence-corrected chi connectivity index (χ1v) is 8.10. The average molecular weight is 277 g/mol. The Morgan fingerprint density at radius 2 is 2.17 bits per heavy atom. The molecule has 1 aliphatic rings. The molecule has 1 saturated heterocycles. The van der Waals surface area contributed by atoms with E-state index in [4.69, 9.17) is 5.73 Å². The Balaban J connectivity index is 2.67. The number of nitrogens with two attached hydrogens (primary N) is 1. The van der Waals surface area contributed by atoms with Gasteiger partial charge in [0, 0.05) is 19.1 Å². The second kappa shape index (κ2) is 5.54. The number of nitrogens with one attached hydrogen (secondary N) is 1. The van der Waals surface area contributed by atoms with Gasteiger partial charge in [-0.25, -0.2) is 13.1 Å². The van der Waals surface area contributed by atoms with Crippen molar-refractivity contribution in [2.75, 3.05) is 19.3 Å². The van der Waals surface area contributed by atoms with Crippen molar-refractivity contribution >= 4 is 15.9 Å². The van der Waals surface area contributed by atoms with Gasteiger partial charge in [0.1, 0.15) is 0 Å². The maximum atomic E-state index is 12.2. The van der Waals surface area contributed by atoms with E-state index in [1.54, 1.807) is 11.8 Å². The number of carbonyl (C=O) groups is 1. The average Bonchev–Trinajstić information content (AvgIpc) is 2.26. The number of carbonyl (C=O) groups excluding carboxylic acids is 1. The van der Waals surface area contributed by atoms with Crippen LogP contribution in [0.25, 0.3) is 0 Å². The van der Waals surface area contributed by atoms with Crippen molar-refractivity contribution in [1.29, 1.82) is 0 Å². The monoisotopic (exact) mass is 277 g/mol. The molecule has 1 amide bonds. The van der Waals surface area contributed by atoms with E-state index in [0.29, 0.717) is 19.5 Å². The van der Waals surface area contributed by atoms with Crippen LogP contribution in [-0.4, -0.2) is 50.2 Å². The zero-order valence-corrected chi connectivity index (χ0v) is 12.1. The number of hydrogen-bond acceptors (Lipinski definition) is 4. The molecule has 0 aromatic heterocycles. The second-order valence-electron chi connectivity index (χ2n) is 5.25. The molecule has 0 radical (unpaired) electrons. The largest absolute Gasteiger partial charge is 0.340 e. The molecule has 3 N–H and O–H groups in total. The van der Waals surface area contributed by atoms with Crippen LogP contribution in [0, 0.1) is 0 Å². The fourth-order valence-electron chi connectivity index (χ4n) is 2.07. The van der Waals surface area contributed by atoms with Crippen molar-refractivity contribution in [2.24, 2.45) is 5.73 Å². The van der Waals surface area contributed by atoms with Crippen LogP contribution in [0.15, 0.2) is 0 Å². The molecule has 0 aromatic rings. The first-order chi connectivity index (χ1) is 8.15. The molecule has 0 aliphatic carbocycles. The quantitative estimate of drug-likeness (QED) is 0.735. The minimum absolute atomic E-state index is 0.106. The Kier molecular flexibility index (Phi) is 4.74. The first kappa shape index (κ1) is 15.4. The number of likely N-dealkylation sites (tertiary alicyclic amines) is 1. The molecule has 1 rings (SSSR count). The van der Waals surface area contributed by atoms with Crippen LogP contribution in [0.1, 0.15) is 33.1 Å². The minimum Gasteiger partial charge on any atom is -0.340 e. The summed E-state index contributed by atoms with van der Waals surface area (Å²) in [5.74, 6) is -0.106. The maximum Gasteiger partial charge on any atom is 0.242 e. The summed E-state index contributed by atoms with van der Waals surface area (Å²) in [5, 5.41) is 0. The van der Waals surface area contributed by atoms with Gasteiger partial charge in [-0.3, -0.25) is 4.79 Å². The summed E-state index contributed by atoms with van der Waals surface area (Å²) >= 11 is 0. The van der Waals surface area contributed by atoms with Crippen LogP contribution in [0.3, 0.4) is 0 Å². The summed E-state index contributed by atoms with van der Waals surface area (Å²) in [7, 11) is -3.23. The van der Waals surface area contributed by atoms with E-state index in [0.717, 1.165) is 19.1 Å². The molecule has 0 aromatic carbocycles. The molecule has 1 aliphatic heterocycles. The molecule has 7 heteroatoms. The molecule has 1 fully saturated rings. The Hall–Kier alpha value is -0.660. The maximum absolute atomic E-state index is 12.2. The van der Waals surface area contributed by atoms with Crippen LogP contribution >= 0.6 is 0 Å². The summed E-state index contributed by atoms with van der Waals surface area (Å²) in [4.78, 5) is 13.8. The van der Waals surface area contributed by atoms with Crippen LogP contribution in [0.2, 0.25) is 0 Å². The van der Waals surface area contributed by atoms with Crippen LogP contribution in [-0.2, 0) is 14.8 Å². The lowest BCUT2D eigenvalue weighted by Crippen LogP contribution is -2.57. The Morgan fingerprint density at radius 1 is 1.56 bits per heavy atom. The Bertz CT molecular complexity index is 406. The molecule has 0 saturated carbocycles. The highest BCUT2D eigenvalue weighted by atomic mass is 32.2. The molecular formula is C11H23N3O3S. The van der Waals surface area contributed by atoms with Crippen LogP contribution < -0.4 is 10.5 Å². The first-order valence-electron chi connectivity index (χ1n) is 6.21. The fraction of sp³-hybridized carbons (Fsp3) is 0.909. The van der Waals surface area contributed by atoms with Gasteiger partial charge in [-0.05, 0) is 26.2 Å². The number of sulfonamides is 1. The summed E-state index contributed by atoms with van der Waals surface area (Å²) in [6.45, 7) is 4.63. The highest BCUT2D eigenvalue weighted by molar-refractivity contribution is 7.88. The van der Waals surface area contributed by atoms with Crippen LogP contribution in [0.5, 0.6) is 0 Å². The van der Waals surface area contributed by atoms with Gasteiger partial charge in [-0.1, -0.05) is 6.92 Å². The molecule has 2 atom stereocenters. The third-order valence-electron chi connectivity index (χ3n) is 3.31. The highest BCUT2D eigenvalue weighted by Crippen LogP contribution is 2.16. The third kappa shape index (κ3) is 4.22. The zero-order chi connectivity index (χ0) is 14.0. The zero-order valence-electron chi connectivity index (χ0n) is 11.3. The molecule has 6 nitrogen and oxygen atoms in total. The van der Waals surface area contributed by atoms with Gasteiger partial charge in [0.05, 0.1) is 11.8 Å². The van der Waals surface area contributed by atoms with Gasteiger partial charge in [-0.2, -0.15) is 0 Å². The van der Waals surface area contributed by atoms with Crippen molar-refractivity contribution in [3.63, 3.8) is 0 Å². The highest BCUT2D eigenvalue weighted by Gasteiger charge is 2.34. The number of amides is 1. The molecule has 2 unspecified atom stereocenters. The van der Waals surface area contributed by atoms with Gasteiger partial charge in [0.2, 0.25) is 15.9 Å². The second-order valence-corrected chi connectivity index (χ2v) is 7.03. The summed E-state index contributed by atoms with van der Waals surface area (Å²) < 4.78 is 24.9. The van der Waals surface area contributed by atoms with Gasteiger partial charge in [0.25, 0.3) is 0 Å². The fourth-order valence-corrected chi connectivity index (χ4v) is 2.87. The van der Waals surface area contributed by atoms with Gasteiger partial charge >= 0.3 is 0 Å². The lowest BCUT2D eigenvalue weighted by molar-refractivity contribution is -0.137. The topological polar surface area (TPSA) is 92.5 Å². The number of piperidine rings is 1. The van der Waals surface area contributed by atoms with Crippen molar-refractivity contribution in [2.45, 2.75) is 44.7 Å². The number of hydrogen-bond donors (Lipinski definition) is 2. The van der Waals surface area contributed by atoms with Gasteiger partial charge in [0.15, 0.2) is 0 Å². The molecule has 0 bridgehead atoms. The number of rotatable bonds is 4.